The fourth-order valence-corrected chi connectivity index (χ4v) is 4.13. The number of hydrogen-bond donors (Lipinski definition) is 1. The number of carbonyl (C=O) groups excluding carboxylic acids is 1. The molecule has 2 aromatic carbocycles. The van der Waals surface area contributed by atoms with Crippen LogP contribution in [0.4, 0.5) is 5.69 Å². The number of piperidine rings is 1. The van der Waals surface area contributed by atoms with Crippen molar-refractivity contribution in [3.63, 3.8) is 0 Å². The Hall–Kier alpha value is -2.08. The number of rotatable bonds is 4. The molecule has 2 saturated heterocycles. The van der Waals surface area contributed by atoms with Gasteiger partial charge in [-0.25, -0.2) is 0 Å². The Kier molecular flexibility index (Phi) is 7.53. The molecule has 0 saturated carbocycles. The van der Waals surface area contributed by atoms with Gasteiger partial charge >= 0.3 is 0 Å². The molecule has 1 amide bonds. The third kappa shape index (κ3) is 5.10. The predicted octanol–water partition coefficient (Wildman–Crippen LogP) is 3.44. The number of halogens is 1. The maximum Gasteiger partial charge on any atom is 0.253 e. The van der Waals surface area contributed by atoms with Gasteiger partial charge in [0, 0.05) is 57.6 Å². The van der Waals surface area contributed by atoms with E-state index in [0.29, 0.717) is 6.54 Å². The summed E-state index contributed by atoms with van der Waals surface area (Å²) in [6.07, 6.45) is 2.17. The van der Waals surface area contributed by atoms with Crippen molar-refractivity contribution in [2.24, 2.45) is 0 Å². The van der Waals surface area contributed by atoms with Crippen molar-refractivity contribution in [3.8, 4) is 11.1 Å². The minimum Gasteiger partial charge on any atom is -0.380 e. The van der Waals surface area contributed by atoms with Crippen LogP contribution in [0, 0.1) is 0 Å². The molecule has 0 spiro atoms. The third-order valence-corrected chi connectivity index (χ3v) is 5.77. The molecule has 29 heavy (non-hydrogen) atoms. The summed E-state index contributed by atoms with van der Waals surface area (Å²) < 4.78 is 5.47. The van der Waals surface area contributed by atoms with Gasteiger partial charge in [-0.05, 0) is 48.2 Å². The molecule has 6 heteroatoms. The molecule has 156 valence electrons. The summed E-state index contributed by atoms with van der Waals surface area (Å²) in [6.45, 7) is 5.58. The molecule has 1 atom stereocenters. The largest absolute Gasteiger partial charge is 0.380 e. The van der Waals surface area contributed by atoms with Gasteiger partial charge < -0.3 is 19.9 Å². The zero-order valence-corrected chi connectivity index (χ0v) is 17.8. The normalized spacial score (nSPS) is 19.6. The highest BCUT2D eigenvalue weighted by molar-refractivity contribution is 5.95. The van der Waals surface area contributed by atoms with Gasteiger partial charge in [-0.1, -0.05) is 24.3 Å². The van der Waals surface area contributed by atoms with Gasteiger partial charge in [-0.3, -0.25) is 4.79 Å². The smallest absolute Gasteiger partial charge is 0.253 e. The van der Waals surface area contributed by atoms with Crippen molar-refractivity contribution in [2.45, 2.75) is 18.9 Å². The van der Waals surface area contributed by atoms with Crippen molar-refractivity contribution in [1.82, 2.24) is 10.2 Å². The van der Waals surface area contributed by atoms with Crippen molar-refractivity contribution in [2.75, 3.05) is 51.3 Å². The number of piperazine rings is 1. The molecule has 4 rings (SSSR count). The van der Waals surface area contributed by atoms with Crippen LogP contribution in [0.5, 0.6) is 0 Å². The van der Waals surface area contributed by atoms with E-state index >= 15 is 0 Å². The van der Waals surface area contributed by atoms with Crippen LogP contribution in [-0.4, -0.2) is 63.3 Å². The van der Waals surface area contributed by atoms with Gasteiger partial charge in [0.2, 0.25) is 0 Å². The summed E-state index contributed by atoms with van der Waals surface area (Å²) >= 11 is 0. The Morgan fingerprint density at radius 1 is 1.03 bits per heavy atom. The Balaban J connectivity index is 0.00000240. The van der Waals surface area contributed by atoms with Gasteiger partial charge in [0.25, 0.3) is 5.91 Å². The lowest BCUT2D eigenvalue weighted by Gasteiger charge is -2.32. The first-order chi connectivity index (χ1) is 13.7. The summed E-state index contributed by atoms with van der Waals surface area (Å²) in [5.41, 5.74) is 4.23. The third-order valence-electron chi connectivity index (χ3n) is 5.77. The first-order valence-electron chi connectivity index (χ1n) is 10.2. The Morgan fingerprint density at radius 3 is 2.52 bits per heavy atom. The molecule has 0 bridgehead atoms. The standard InChI is InChI=1S/C23H29N3O2.ClH/c1-28-22-9-4-12-26(17-22)23(27)20-7-2-5-18(15-20)19-6-3-8-21(16-19)25-13-10-24-11-14-25;/h2-3,5-8,15-16,22,24H,4,9-14,17H2,1H3;1H. The number of likely N-dealkylation sites (tertiary alicyclic amines) is 1. The molecule has 1 N–H and O–H groups in total. The van der Waals surface area contributed by atoms with E-state index < -0.39 is 0 Å². The summed E-state index contributed by atoms with van der Waals surface area (Å²) in [6, 6.07) is 16.6. The molecule has 0 radical (unpaired) electrons. The van der Waals surface area contributed by atoms with Crippen LogP contribution in [-0.2, 0) is 4.74 Å². The van der Waals surface area contributed by atoms with Gasteiger partial charge in [-0.15, -0.1) is 12.4 Å². The summed E-state index contributed by atoms with van der Waals surface area (Å²) in [4.78, 5) is 17.3. The van der Waals surface area contributed by atoms with E-state index in [1.165, 1.54) is 5.69 Å². The van der Waals surface area contributed by atoms with Crippen LogP contribution in [0.1, 0.15) is 23.2 Å². The molecule has 0 aromatic heterocycles. The lowest BCUT2D eigenvalue weighted by molar-refractivity contribution is 0.0269. The Bertz CT molecular complexity index is 823. The fourth-order valence-electron chi connectivity index (χ4n) is 4.13. The molecule has 2 aliphatic heterocycles. The van der Waals surface area contributed by atoms with Crippen LogP contribution in [0.15, 0.2) is 48.5 Å². The number of carbonyl (C=O) groups is 1. The number of nitrogens with one attached hydrogen (secondary N) is 1. The average molecular weight is 416 g/mol. The molecule has 2 aromatic rings. The van der Waals surface area contributed by atoms with Gasteiger partial charge in [-0.2, -0.15) is 0 Å². The quantitative estimate of drug-likeness (QED) is 0.830. The lowest BCUT2D eigenvalue weighted by atomic mass is 10.0. The monoisotopic (exact) mass is 415 g/mol. The highest BCUT2D eigenvalue weighted by atomic mass is 35.5. The second-order valence-corrected chi connectivity index (χ2v) is 7.62. The van der Waals surface area contributed by atoms with E-state index in [1.807, 2.05) is 23.1 Å². The highest BCUT2D eigenvalue weighted by Crippen LogP contribution is 2.26. The Morgan fingerprint density at radius 2 is 1.76 bits per heavy atom. The maximum atomic E-state index is 13.0. The maximum absolute atomic E-state index is 13.0. The molecule has 2 heterocycles. The molecule has 5 nitrogen and oxygen atoms in total. The second kappa shape index (κ2) is 10.1. The number of hydrogen-bond acceptors (Lipinski definition) is 4. The SMILES string of the molecule is COC1CCCN(C(=O)c2cccc(-c3cccc(N4CCNCC4)c3)c2)C1.Cl. The molecule has 2 fully saturated rings. The number of methoxy groups -OCH3 is 1. The number of nitrogens with zero attached hydrogens (tertiary/aromatic N) is 2. The minimum absolute atomic E-state index is 0. The highest BCUT2D eigenvalue weighted by Gasteiger charge is 2.24. The van der Waals surface area contributed by atoms with E-state index in [-0.39, 0.29) is 24.4 Å². The van der Waals surface area contributed by atoms with E-state index in [9.17, 15) is 4.79 Å². The van der Waals surface area contributed by atoms with E-state index in [0.717, 1.165) is 62.3 Å². The van der Waals surface area contributed by atoms with Crippen LogP contribution < -0.4 is 10.2 Å². The molecule has 1 unspecified atom stereocenters. The molecule has 0 aliphatic carbocycles. The van der Waals surface area contributed by atoms with Crippen molar-refractivity contribution in [1.29, 1.82) is 0 Å². The number of anilines is 1. The van der Waals surface area contributed by atoms with Crippen LogP contribution in [0.25, 0.3) is 11.1 Å². The van der Waals surface area contributed by atoms with E-state index in [1.54, 1.807) is 7.11 Å². The van der Waals surface area contributed by atoms with Crippen molar-refractivity contribution >= 4 is 24.0 Å². The first-order valence-corrected chi connectivity index (χ1v) is 10.2. The number of benzene rings is 2. The fraction of sp³-hybridized carbons (Fsp3) is 0.435. The van der Waals surface area contributed by atoms with Crippen LogP contribution >= 0.6 is 12.4 Å². The van der Waals surface area contributed by atoms with E-state index in [4.69, 9.17) is 4.74 Å². The predicted molar refractivity (Wildman–Crippen MR) is 120 cm³/mol. The summed E-state index contributed by atoms with van der Waals surface area (Å²) in [5, 5.41) is 3.40. The van der Waals surface area contributed by atoms with Gasteiger partial charge in [0.1, 0.15) is 0 Å². The minimum atomic E-state index is 0. The second-order valence-electron chi connectivity index (χ2n) is 7.62. The van der Waals surface area contributed by atoms with Gasteiger partial charge in [0.15, 0.2) is 0 Å². The molecular formula is C23H30ClN3O2. The first kappa shape index (κ1) is 21.6. The van der Waals surface area contributed by atoms with Crippen molar-refractivity contribution < 1.29 is 9.53 Å². The molecular weight excluding hydrogens is 386 g/mol. The lowest BCUT2D eigenvalue weighted by Crippen LogP contribution is -2.43. The van der Waals surface area contributed by atoms with E-state index in [2.05, 4.69) is 40.5 Å². The average Bonchev–Trinajstić information content (AvgIpc) is 2.79. The summed E-state index contributed by atoms with van der Waals surface area (Å²) in [5.74, 6) is 0.0989. The van der Waals surface area contributed by atoms with Crippen molar-refractivity contribution in [3.05, 3.63) is 54.1 Å². The zero-order chi connectivity index (χ0) is 19.3. The number of amides is 1. The summed E-state index contributed by atoms with van der Waals surface area (Å²) in [7, 11) is 1.73. The topological polar surface area (TPSA) is 44.8 Å². The van der Waals surface area contributed by atoms with Crippen LogP contribution in [0.2, 0.25) is 0 Å². The Labute approximate surface area is 179 Å². The zero-order valence-electron chi connectivity index (χ0n) is 17.0. The van der Waals surface area contributed by atoms with Gasteiger partial charge in [0.05, 0.1) is 6.10 Å². The van der Waals surface area contributed by atoms with Crippen LogP contribution in [0.3, 0.4) is 0 Å². The number of ether oxygens (including phenoxy) is 1. The molecule has 2 aliphatic rings.